The molecule has 3 aromatic heterocycles. The van der Waals surface area contributed by atoms with E-state index >= 15 is 0 Å². The summed E-state index contributed by atoms with van der Waals surface area (Å²) in [5, 5.41) is 1.13. The molecule has 0 atom stereocenters. The maximum absolute atomic E-state index is 10.9. The molecule has 101 heavy (non-hydrogen) atoms. The quantitative estimate of drug-likeness (QED) is 0.0803. The number of hydrogen-bond acceptors (Lipinski definition) is 2. The Hall–Kier alpha value is -12.0. The molecule has 0 aliphatic rings. The number of aryl methyl sites for hydroxylation is 1. The van der Waals surface area contributed by atoms with Crippen LogP contribution in [0.15, 0.2) is 339 Å². The number of rotatable bonds is 14. The molecule has 0 spiro atoms. The minimum Gasteiger partial charge on any atom is -0.510 e. The van der Waals surface area contributed by atoms with Crippen molar-refractivity contribution in [2.24, 2.45) is 0 Å². The van der Waals surface area contributed by atoms with Crippen molar-refractivity contribution >= 4 is 32.8 Å². The molecule has 0 bridgehead atoms. The van der Waals surface area contributed by atoms with Gasteiger partial charge in [-0.1, -0.05) is 262 Å². The number of aromatic nitrogens is 4. The maximum atomic E-state index is 10.9. The van der Waals surface area contributed by atoms with Crippen LogP contribution in [-0.2, 0) is 26.5 Å². The Labute approximate surface area is 659 Å². The van der Waals surface area contributed by atoms with Crippen molar-refractivity contribution in [2.45, 2.75) is 33.0 Å². The van der Waals surface area contributed by atoms with E-state index in [4.69, 9.17) is 38.5 Å². The summed E-state index contributed by atoms with van der Waals surface area (Å²) >= 11 is 0. The van der Waals surface area contributed by atoms with Gasteiger partial charge in [-0.2, -0.15) is 18.2 Å². The third-order valence-corrected chi connectivity index (χ3v) is 16.6. The molecule has 3 heterocycles. The van der Waals surface area contributed by atoms with Crippen molar-refractivity contribution in [1.29, 1.82) is 0 Å². The topological polar surface area (TPSA) is 35.9 Å². The van der Waals surface area contributed by atoms with E-state index in [1.54, 1.807) is 53.1 Å². The van der Waals surface area contributed by atoms with E-state index in [0.29, 0.717) is 27.4 Å². The first-order valence-corrected chi connectivity index (χ1v) is 31.0. The third kappa shape index (κ3) is 12.5. The molecular weight excluding hydrogens is 1410 g/mol. The number of fused-ring (bicyclic) bond motifs is 4. The van der Waals surface area contributed by atoms with Crippen molar-refractivity contribution in [3.05, 3.63) is 369 Å². The molecule has 14 aromatic carbocycles. The van der Waals surface area contributed by atoms with Crippen molar-refractivity contribution in [3.8, 4) is 129 Å². The normalized spacial score (nSPS) is 17.0. The zero-order chi connectivity index (χ0) is 101. The SMILES string of the molecule is [2H]c1c([2H])c([2H])c(-c2cc(-c3c([2H])c(-c4c([2H])c([2H])c([2H])c([2H])c4[2H])c([2H])c(-c4c([2H])c([2H])c([2H])c([2H])c4[2H])c3[2H])c(-[n+]3[c-]n(-c4[c-]c(Oc5[c-]c6c(cc5)c5ccccc5n6-c5cc(C([2H])([2H])[2H])c(-c6c([2H])c([2H])c([2H])c([2H])c6[2H])cn5)ccc4)c4cc(-c5ccc(C(C)(C)C)cc5)ccc43)c(-c3c([2H])c(-c4c([2H])c([2H])c([2H])c([2H])c4[2H])c([2H])c(-c4c([2H])c([2H])c([2H])c([2H])c4[2H])c3[2H])c2)c([2H])c1[2H].[Pt]. The first-order valence-electron chi connectivity index (χ1n) is 50.5. The zero-order valence-corrected chi connectivity index (χ0v) is 55.3. The Bertz CT molecular complexity index is 7740. The molecule has 0 aliphatic carbocycles. The van der Waals surface area contributed by atoms with Crippen LogP contribution in [-0.4, -0.2) is 14.1 Å². The van der Waals surface area contributed by atoms with Crippen LogP contribution in [0.4, 0.5) is 0 Å². The molecule has 0 saturated heterocycles. The standard InChI is InChI=1S/C95H68N4O.Pt/c1-64-50-93(96-62-88(64)71-36-21-10-22-37-71)99-89-41-24-23-40-84(89)85-48-47-83(61-91(85)99)100-82-39-25-38-81(60-82)97-63-98(90-49-44-72(59-92(90)97)70-42-45-80(46-43-70)95(2,3)4)94-86(78-53-73(65-26-11-5-12-27-65)51-74(54-78)66-28-13-6-14-29-66)57-77(69-34-19-9-20-35-69)58-87(94)79-55-75(67-30-15-7-16-31-67)52-76(56-79)68-32-17-8-18-33-68;/h5-59,62H,1-4H3;/q-2;/i1D3,5D,6D,7D,8D,9D,10D,11D,12D,13D,14D,15D,16D,17D,18D,19D,20D,21D,22D,26D,27D,28D,29D,30D,31D,32D,33D,34D,35D,36D,37D,51D,52D,53D,54D,55D,56D;. The number of nitrogens with zero attached hydrogens (tertiary/aromatic N) is 4. The molecule has 0 amide bonds. The van der Waals surface area contributed by atoms with Crippen molar-refractivity contribution in [1.82, 2.24) is 14.1 Å². The maximum Gasteiger partial charge on any atom is 0.268 e. The van der Waals surface area contributed by atoms with Gasteiger partial charge < -0.3 is 13.9 Å². The summed E-state index contributed by atoms with van der Waals surface area (Å²) < 4.78 is 375. The molecule has 0 saturated carbocycles. The van der Waals surface area contributed by atoms with Gasteiger partial charge in [0, 0.05) is 54.0 Å². The van der Waals surface area contributed by atoms with Gasteiger partial charge in [0.05, 0.1) is 66.1 Å². The average Bonchev–Trinajstić information content (AvgIpc) is 1.43. The molecule has 17 aromatic rings. The fourth-order valence-electron chi connectivity index (χ4n) is 11.9. The van der Waals surface area contributed by atoms with E-state index in [-0.39, 0.29) is 71.6 Å². The number of imidazole rings is 1. The summed E-state index contributed by atoms with van der Waals surface area (Å²) in [6.45, 7) is 3.00. The summed E-state index contributed by atoms with van der Waals surface area (Å²) in [4.78, 5) is 4.70. The molecule has 6 heteroatoms. The van der Waals surface area contributed by atoms with Gasteiger partial charge >= 0.3 is 0 Å². The summed E-state index contributed by atoms with van der Waals surface area (Å²) in [7, 11) is 0. The molecule has 0 unspecified atom stereocenters. The average molecular weight is 1520 g/mol. The first-order chi connectivity index (χ1) is 65.3. The minimum absolute atomic E-state index is 0. The second-order valence-corrected chi connectivity index (χ2v) is 23.7. The van der Waals surface area contributed by atoms with E-state index in [2.05, 4.69) is 18.5 Å². The van der Waals surface area contributed by atoms with Crippen LogP contribution in [0.2, 0.25) is 0 Å². The van der Waals surface area contributed by atoms with Crippen LogP contribution in [0.3, 0.4) is 0 Å². The van der Waals surface area contributed by atoms with Gasteiger partial charge in [0.2, 0.25) is 0 Å². The Balaban J connectivity index is 0.0000141. The van der Waals surface area contributed by atoms with E-state index in [1.165, 1.54) is 34.9 Å². The van der Waals surface area contributed by atoms with E-state index in [9.17, 15) is 24.7 Å². The number of benzene rings is 14. The van der Waals surface area contributed by atoms with Crippen LogP contribution >= 0.6 is 0 Å². The fourth-order valence-corrected chi connectivity index (χ4v) is 11.9. The number of pyridine rings is 1. The van der Waals surface area contributed by atoms with Crippen LogP contribution < -0.4 is 9.30 Å². The van der Waals surface area contributed by atoms with Crippen LogP contribution in [0.5, 0.6) is 11.5 Å². The molecule has 0 fully saturated rings. The third-order valence-electron chi connectivity index (χ3n) is 16.6. The molecule has 0 N–H and O–H groups in total. The molecule has 5 nitrogen and oxygen atoms in total. The molecule has 0 radical (unpaired) electrons. The Kier molecular flexibility index (Phi) is 9.01. The van der Waals surface area contributed by atoms with Crippen molar-refractivity contribution < 1.29 is 83.8 Å². The summed E-state index contributed by atoms with van der Waals surface area (Å²) in [6.07, 6.45) is 4.45. The van der Waals surface area contributed by atoms with Crippen molar-refractivity contribution in [3.63, 3.8) is 0 Å². The predicted molar refractivity (Wildman–Crippen MR) is 412 cm³/mol. The van der Waals surface area contributed by atoms with Gasteiger partial charge in [-0.3, -0.25) is 4.57 Å². The van der Waals surface area contributed by atoms with Gasteiger partial charge in [0.1, 0.15) is 5.82 Å². The van der Waals surface area contributed by atoms with Gasteiger partial charge in [-0.05, 0) is 196 Å². The number of para-hydroxylation sites is 1. The summed E-state index contributed by atoms with van der Waals surface area (Å²) in [5.41, 5.74) is -12.6. The first kappa shape index (κ1) is 33.7. The summed E-state index contributed by atoms with van der Waals surface area (Å²) in [6, 6.07) is -0.484. The Morgan fingerprint density at radius 1 is 0.416 bits per heavy atom. The van der Waals surface area contributed by atoms with E-state index in [0.717, 1.165) is 28.5 Å². The largest absolute Gasteiger partial charge is 0.510 e. The van der Waals surface area contributed by atoms with Crippen LogP contribution in [0.1, 0.15) is 85.4 Å². The number of ether oxygens (including phenoxy) is 1. The van der Waals surface area contributed by atoms with Gasteiger partial charge in [-0.25, -0.2) is 4.98 Å². The Morgan fingerprint density at radius 2 is 0.911 bits per heavy atom. The van der Waals surface area contributed by atoms with E-state index in [1.807, 2.05) is 45.0 Å². The monoisotopic (exact) mass is 1510 g/mol. The second kappa shape index (κ2) is 27.0. The number of hydrogen-bond donors (Lipinski definition) is 0. The van der Waals surface area contributed by atoms with Crippen LogP contribution in [0.25, 0.3) is 150 Å². The Morgan fingerprint density at radius 3 is 1.45 bits per heavy atom. The van der Waals surface area contributed by atoms with Gasteiger partial charge in [0.25, 0.3) is 6.33 Å². The minimum atomic E-state index is -3.00. The van der Waals surface area contributed by atoms with Gasteiger partial charge in [0.15, 0.2) is 0 Å². The predicted octanol–water partition coefficient (Wildman–Crippen LogP) is 24.2. The molecular formula is C95H68N4OPt-2. The zero-order valence-electron chi connectivity index (χ0n) is 92.1. The summed E-state index contributed by atoms with van der Waals surface area (Å²) in [5.74, 6) is -0.167. The van der Waals surface area contributed by atoms with Crippen LogP contribution in [0, 0.1) is 25.3 Å². The molecule has 486 valence electrons. The van der Waals surface area contributed by atoms with E-state index < -0.39 is 319 Å². The van der Waals surface area contributed by atoms with Gasteiger partial charge in [-0.15, -0.1) is 29.7 Å². The molecule has 0 aliphatic heterocycles. The second-order valence-electron chi connectivity index (χ2n) is 23.7. The fraction of sp³-hybridized carbons (Fsp3) is 0.0526. The smallest absolute Gasteiger partial charge is 0.268 e. The molecule has 17 rings (SSSR count). The van der Waals surface area contributed by atoms with Crippen molar-refractivity contribution in [2.75, 3.05) is 0 Å².